The number of hydrogen-bond acceptors (Lipinski definition) is 4. The Morgan fingerprint density at radius 3 is 2.96 bits per heavy atom. The topological polar surface area (TPSA) is 53.4 Å². The van der Waals surface area contributed by atoms with Crippen molar-refractivity contribution in [3.05, 3.63) is 52.8 Å². The molecule has 3 heterocycles. The lowest BCUT2D eigenvalue weighted by Gasteiger charge is -2.36. The zero-order valence-corrected chi connectivity index (χ0v) is 14.9. The van der Waals surface area contributed by atoms with Gasteiger partial charge in [-0.05, 0) is 30.7 Å². The number of nitrogens with zero attached hydrogens (tertiary/aromatic N) is 4. The number of rotatable bonds is 3. The number of benzene rings is 1. The molecular formula is C19H25N5O. The summed E-state index contributed by atoms with van der Waals surface area (Å²) in [7, 11) is 4.02. The van der Waals surface area contributed by atoms with Gasteiger partial charge in [-0.25, -0.2) is 0 Å². The van der Waals surface area contributed by atoms with Crippen LogP contribution in [0.1, 0.15) is 27.3 Å². The van der Waals surface area contributed by atoms with Gasteiger partial charge < -0.3 is 10.2 Å². The van der Waals surface area contributed by atoms with Crippen LogP contribution in [0.4, 0.5) is 0 Å². The Kier molecular flexibility index (Phi) is 4.31. The van der Waals surface area contributed by atoms with Gasteiger partial charge in [-0.3, -0.25) is 14.4 Å². The van der Waals surface area contributed by atoms with Gasteiger partial charge in [0.05, 0.1) is 12.2 Å². The first kappa shape index (κ1) is 16.3. The molecule has 6 heteroatoms. The van der Waals surface area contributed by atoms with Crippen LogP contribution in [0.2, 0.25) is 0 Å². The quantitative estimate of drug-likeness (QED) is 0.910. The van der Waals surface area contributed by atoms with Crippen molar-refractivity contribution in [3.63, 3.8) is 0 Å². The predicted octanol–water partition coefficient (Wildman–Crippen LogP) is 1.11. The zero-order valence-electron chi connectivity index (χ0n) is 14.9. The van der Waals surface area contributed by atoms with Crippen molar-refractivity contribution in [2.45, 2.75) is 32.1 Å². The van der Waals surface area contributed by atoms with Crippen molar-refractivity contribution < 1.29 is 4.79 Å². The maximum absolute atomic E-state index is 12.8. The maximum atomic E-state index is 12.8. The van der Waals surface area contributed by atoms with Crippen molar-refractivity contribution in [2.75, 3.05) is 27.2 Å². The number of amides is 1. The maximum Gasteiger partial charge on any atom is 0.274 e. The first-order valence-corrected chi connectivity index (χ1v) is 8.92. The minimum atomic E-state index is 0.00848. The molecule has 0 saturated carbocycles. The van der Waals surface area contributed by atoms with Gasteiger partial charge in [0.2, 0.25) is 0 Å². The molecule has 0 fully saturated rings. The summed E-state index contributed by atoms with van der Waals surface area (Å²) < 4.78 is 1.94. The molecule has 1 N–H and O–H groups in total. The Hall–Kier alpha value is -2.18. The highest BCUT2D eigenvalue weighted by Crippen LogP contribution is 2.22. The first-order valence-electron chi connectivity index (χ1n) is 8.92. The Morgan fingerprint density at radius 1 is 1.36 bits per heavy atom. The highest BCUT2D eigenvalue weighted by Gasteiger charge is 2.27. The number of likely N-dealkylation sites (N-methyl/N-ethyl adjacent to an activating group) is 2. The van der Waals surface area contributed by atoms with Crippen LogP contribution in [0.15, 0.2) is 30.3 Å². The van der Waals surface area contributed by atoms with E-state index in [1.54, 1.807) is 0 Å². The van der Waals surface area contributed by atoms with Gasteiger partial charge in [0.15, 0.2) is 5.69 Å². The van der Waals surface area contributed by atoms with E-state index < -0.39 is 0 Å². The summed E-state index contributed by atoms with van der Waals surface area (Å²) in [6.07, 6.45) is 0.980. The molecule has 25 heavy (non-hydrogen) atoms. The van der Waals surface area contributed by atoms with Gasteiger partial charge in [-0.1, -0.05) is 24.3 Å². The number of carbonyl (C=O) groups is 1. The fourth-order valence-corrected chi connectivity index (χ4v) is 3.81. The summed E-state index contributed by atoms with van der Waals surface area (Å²) in [4.78, 5) is 17.0. The standard InChI is InChI=1S/C19H25N5O/c1-22-12-15-6-4-3-5-14(15)9-17(22)13-23(2)19(25)18-10-16-11-20-7-8-24(16)21-18/h3-6,10,17,20H,7-9,11-13H2,1-2H3/t17-/m1/s1. The first-order chi connectivity index (χ1) is 12.1. The predicted molar refractivity (Wildman–Crippen MR) is 96.3 cm³/mol. The van der Waals surface area contributed by atoms with Crippen molar-refractivity contribution in [3.8, 4) is 0 Å². The average Bonchev–Trinajstić information content (AvgIpc) is 3.05. The minimum Gasteiger partial charge on any atom is -0.339 e. The van der Waals surface area contributed by atoms with Crippen molar-refractivity contribution in [1.82, 2.24) is 24.9 Å². The van der Waals surface area contributed by atoms with Gasteiger partial charge in [0.25, 0.3) is 5.91 Å². The fraction of sp³-hybridized carbons (Fsp3) is 0.474. The summed E-state index contributed by atoms with van der Waals surface area (Å²) in [5.74, 6) is 0.00848. The molecule has 2 aliphatic heterocycles. The molecule has 1 atom stereocenters. The Bertz CT molecular complexity index is 760. The van der Waals surface area contributed by atoms with Crippen LogP contribution in [-0.4, -0.2) is 58.7 Å². The van der Waals surface area contributed by atoms with E-state index in [9.17, 15) is 4.79 Å². The van der Waals surface area contributed by atoms with Gasteiger partial charge in [0.1, 0.15) is 0 Å². The summed E-state index contributed by atoms with van der Waals surface area (Å²) in [6.45, 7) is 4.17. The lowest BCUT2D eigenvalue weighted by Crippen LogP contribution is -2.46. The van der Waals surface area contributed by atoms with E-state index in [4.69, 9.17) is 0 Å². The van der Waals surface area contributed by atoms with E-state index in [0.717, 1.165) is 38.3 Å². The molecule has 0 spiro atoms. The molecule has 0 bridgehead atoms. The minimum absolute atomic E-state index is 0.00848. The van der Waals surface area contributed by atoms with Crippen LogP contribution in [0.5, 0.6) is 0 Å². The summed E-state index contributed by atoms with van der Waals surface area (Å²) in [5.41, 5.74) is 4.44. The van der Waals surface area contributed by atoms with E-state index in [1.165, 1.54) is 11.1 Å². The molecule has 1 aromatic carbocycles. The normalized spacial score (nSPS) is 20.0. The molecule has 1 amide bonds. The molecule has 0 radical (unpaired) electrons. The Labute approximate surface area is 148 Å². The van der Waals surface area contributed by atoms with E-state index >= 15 is 0 Å². The van der Waals surface area contributed by atoms with Gasteiger partial charge in [-0.15, -0.1) is 0 Å². The highest BCUT2D eigenvalue weighted by atomic mass is 16.2. The summed E-state index contributed by atoms with van der Waals surface area (Å²) in [6, 6.07) is 10.8. The molecule has 1 aromatic heterocycles. The SMILES string of the molecule is CN(C[C@H]1Cc2ccccc2CN1C)C(=O)c1cc2n(n1)CCNC2. The van der Waals surface area contributed by atoms with Crippen LogP contribution in [-0.2, 0) is 26.1 Å². The zero-order chi connectivity index (χ0) is 17.4. The number of fused-ring (bicyclic) bond motifs is 2. The third-order valence-corrected chi connectivity index (χ3v) is 5.34. The van der Waals surface area contributed by atoms with Crippen molar-refractivity contribution in [2.24, 2.45) is 0 Å². The van der Waals surface area contributed by atoms with Crippen LogP contribution >= 0.6 is 0 Å². The fourth-order valence-electron chi connectivity index (χ4n) is 3.81. The second kappa shape index (κ2) is 6.61. The van der Waals surface area contributed by atoms with Crippen LogP contribution in [0, 0.1) is 0 Å². The van der Waals surface area contributed by atoms with E-state index in [1.807, 2.05) is 22.7 Å². The molecule has 2 aromatic rings. The second-order valence-electron chi connectivity index (χ2n) is 7.15. The Morgan fingerprint density at radius 2 is 2.16 bits per heavy atom. The van der Waals surface area contributed by atoms with Crippen LogP contribution in [0.25, 0.3) is 0 Å². The van der Waals surface area contributed by atoms with Gasteiger partial charge in [-0.2, -0.15) is 5.10 Å². The third kappa shape index (κ3) is 3.19. The highest BCUT2D eigenvalue weighted by molar-refractivity contribution is 5.92. The smallest absolute Gasteiger partial charge is 0.274 e. The average molecular weight is 339 g/mol. The number of nitrogens with one attached hydrogen (secondary N) is 1. The summed E-state index contributed by atoms with van der Waals surface area (Å²) in [5, 5.41) is 7.80. The molecule has 0 saturated heterocycles. The number of carbonyl (C=O) groups excluding carboxylic acids is 1. The lowest BCUT2D eigenvalue weighted by atomic mass is 9.94. The van der Waals surface area contributed by atoms with Crippen molar-refractivity contribution in [1.29, 1.82) is 0 Å². The second-order valence-corrected chi connectivity index (χ2v) is 7.15. The molecular weight excluding hydrogens is 314 g/mol. The van der Waals surface area contributed by atoms with Crippen LogP contribution in [0.3, 0.4) is 0 Å². The van der Waals surface area contributed by atoms with Crippen molar-refractivity contribution >= 4 is 5.91 Å². The monoisotopic (exact) mass is 339 g/mol. The van der Waals surface area contributed by atoms with Gasteiger partial charge >= 0.3 is 0 Å². The summed E-state index contributed by atoms with van der Waals surface area (Å²) >= 11 is 0. The number of hydrogen-bond donors (Lipinski definition) is 1. The molecule has 6 nitrogen and oxygen atoms in total. The van der Waals surface area contributed by atoms with E-state index in [2.05, 4.69) is 46.6 Å². The van der Waals surface area contributed by atoms with Gasteiger partial charge in [0, 0.05) is 39.3 Å². The molecule has 0 unspecified atom stereocenters. The molecule has 2 aliphatic rings. The molecule has 4 rings (SSSR count). The van der Waals surface area contributed by atoms with E-state index in [-0.39, 0.29) is 5.91 Å². The largest absolute Gasteiger partial charge is 0.339 e. The van der Waals surface area contributed by atoms with Crippen LogP contribution < -0.4 is 5.32 Å². The van der Waals surface area contributed by atoms with E-state index in [0.29, 0.717) is 18.3 Å². The Balaban J connectivity index is 1.45. The third-order valence-electron chi connectivity index (χ3n) is 5.34. The molecule has 0 aliphatic carbocycles. The molecule has 132 valence electrons. The lowest BCUT2D eigenvalue weighted by molar-refractivity contribution is 0.0727. The number of aromatic nitrogens is 2.